The van der Waals surface area contributed by atoms with Gasteiger partial charge in [-0.1, -0.05) is 0 Å². The predicted molar refractivity (Wildman–Crippen MR) is 85.7 cm³/mol. The van der Waals surface area contributed by atoms with Gasteiger partial charge in [-0.15, -0.1) is 15.3 Å². The summed E-state index contributed by atoms with van der Waals surface area (Å²) in [6.07, 6.45) is -1.94. The topological polar surface area (TPSA) is 78.7 Å². The number of fused-ring (bicyclic) bond motifs is 2. The van der Waals surface area contributed by atoms with Gasteiger partial charge in [0.1, 0.15) is 5.82 Å². The van der Waals surface area contributed by atoms with Crippen molar-refractivity contribution in [1.29, 1.82) is 0 Å². The molecule has 0 bridgehead atoms. The molecule has 0 radical (unpaired) electrons. The molecule has 0 saturated carbocycles. The Balaban J connectivity index is 1.59. The van der Waals surface area contributed by atoms with E-state index >= 15 is 0 Å². The molecule has 2 aliphatic heterocycles. The van der Waals surface area contributed by atoms with Crippen molar-refractivity contribution >= 4 is 17.5 Å². The average molecular weight is 351 g/mol. The van der Waals surface area contributed by atoms with Crippen LogP contribution in [0.25, 0.3) is 5.65 Å². The van der Waals surface area contributed by atoms with Gasteiger partial charge in [-0.3, -0.25) is 0 Å². The molecule has 2 aromatic rings. The van der Waals surface area contributed by atoms with Crippen LogP contribution in [0.3, 0.4) is 0 Å². The zero-order chi connectivity index (χ0) is 17.7. The maximum atomic E-state index is 13.0. The first-order chi connectivity index (χ1) is 12.0. The maximum absolute atomic E-state index is 13.0. The molecule has 2 amide bonds. The maximum Gasteiger partial charge on any atom is 0.318 e. The van der Waals surface area contributed by atoms with Crippen LogP contribution in [0.15, 0.2) is 12.1 Å². The molecule has 2 fully saturated rings. The largest absolute Gasteiger partial charge is 0.353 e. The fraction of sp³-hybridized carbons (Fsp3) is 0.600. The van der Waals surface area contributed by atoms with Crippen LogP contribution in [0, 0.1) is 0 Å². The molecular weight excluding hydrogens is 332 g/mol. The van der Waals surface area contributed by atoms with Gasteiger partial charge in [0.05, 0.1) is 12.1 Å². The molecule has 10 heteroatoms. The van der Waals surface area contributed by atoms with Crippen LogP contribution in [-0.2, 0) is 0 Å². The molecule has 0 unspecified atom stereocenters. The Morgan fingerprint density at radius 2 is 2.08 bits per heavy atom. The number of halogens is 2. The molecule has 134 valence electrons. The molecule has 4 heterocycles. The van der Waals surface area contributed by atoms with Crippen molar-refractivity contribution in [3.63, 3.8) is 0 Å². The summed E-state index contributed by atoms with van der Waals surface area (Å²) in [5, 5.41) is 14.5. The third-order valence-corrected chi connectivity index (χ3v) is 4.83. The summed E-state index contributed by atoms with van der Waals surface area (Å²) in [5.41, 5.74) is 0.286. The van der Waals surface area contributed by atoms with E-state index in [1.54, 1.807) is 12.1 Å². The van der Waals surface area contributed by atoms with Crippen molar-refractivity contribution < 1.29 is 13.6 Å². The monoisotopic (exact) mass is 351 g/mol. The van der Waals surface area contributed by atoms with E-state index in [4.69, 9.17) is 0 Å². The second-order valence-corrected chi connectivity index (χ2v) is 6.68. The zero-order valence-electron chi connectivity index (χ0n) is 13.9. The van der Waals surface area contributed by atoms with E-state index in [1.807, 2.05) is 23.6 Å². The minimum Gasteiger partial charge on any atom is -0.353 e. The lowest BCUT2D eigenvalue weighted by Crippen LogP contribution is -2.52. The van der Waals surface area contributed by atoms with E-state index in [0.29, 0.717) is 18.9 Å². The molecule has 0 aromatic carbocycles. The number of urea groups is 1. The lowest BCUT2D eigenvalue weighted by molar-refractivity contribution is 0.137. The molecule has 4 rings (SSSR count). The molecule has 2 aliphatic rings. The fourth-order valence-electron chi connectivity index (χ4n) is 3.72. The smallest absolute Gasteiger partial charge is 0.318 e. The number of carbonyl (C=O) groups excluding carboxylic acids is 1. The standard InChI is InChI=1S/C15H19F2N7O/c1-8(2)23-10-5-6-22(7-9(10)18-15(23)25)12-4-3-11-19-20-14(13(16)17)24(11)21-12/h3-4,8-10,13H,5-7H2,1-2H3,(H,18,25)/t9-,10+/m1/s1. The van der Waals surface area contributed by atoms with Crippen molar-refractivity contribution in [2.75, 3.05) is 18.0 Å². The number of piperidine rings is 1. The normalized spacial score (nSPS) is 23.7. The van der Waals surface area contributed by atoms with Crippen LogP contribution in [0.2, 0.25) is 0 Å². The average Bonchev–Trinajstić information content (AvgIpc) is 3.13. The highest BCUT2D eigenvalue weighted by Gasteiger charge is 2.43. The Morgan fingerprint density at radius 1 is 1.28 bits per heavy atom. The number of aromatic nitrogens is 4. The summed E-state index contributed by atoms with van der Waals surface area (Å²) in [6.45, 7) is 5.29. The highest BCUT2D eigenvalue weighted by Crippen LogP contribution is 2.27. The van der Waals surface area contributed by atoms with Crippen molar-refractivity contribution in [3.8, 4) is 0 Å². The second kappa shape index (κ2) is 5.78. The number of carbonyl (C=O) groups is 1. The van der Waals surface area contributed by atoms with Gasteiger partial charge in [-0.25, -0.2) is 13.6 Å². The van der Waals surface area contributed by atoms with Gasteiger partial charge >= 0.3 is 6.03 Å². The van der Waals surface area contributed by atoms with Gasteiger partial charge in [0.15, 0.2) is 5.65 Å². The van der Waals surface area contributed by atoms with Gasteiger partial charge in [-0.05, 0) is 32.4 Å². The lowest BCUT2D eigenvalue weighted by atomic mass is 9.99. The third kappa shape index (κ3) is 2.56. The third-order valence-electron chi connectivity index (χ3n) is 4.83. The van der Waals surface area contributed by atoms with Crippen molar-refractivity contribution in [2.24, 2.45) is 0 Å². The van der Waals surface area contributed by atoms with Gasteiger partial charge in [0.2, 0.25) is 5.82 Å². The number of alkyl halides is 2. The summed E-state index contributed by atoms with van der Waals surface area (Å²) in [4.78, 5) is 16.0. The minimum absolute atomic E-state index is 0.00312. The van der Waals surface area contributed by atoms with Gasteiger partial charge in [-0.2, -0.15) is 4.52 Å². The summed E-state index contributed by atoms with van der Waals surface area (Å²) in [6, 6.07) is 3.61. The first-order valence-electron chi connectivity index (χ1n) is 8.30. The molecule has 0 aliphatic carbocycles. The highest BCUT2D eigenvalue weighted by atomic mass is 19.3. The Labute approximate surface area is 142 Å². The number of amides is 2. The molecule has 2 saturated heterocycles. The predicted octanol–water partition coefficient (Wildman–Crippen LogP) is 1.44. The molecule has 25 heavy (non-hydrogen) atoms. The van der Waals surface area contributed by atoms with Crippen LogP contribution in [0.4, 0.5) is 19.4 Å². The van der Waals surface area contributed by atoms with Gasteiger partial charge in [0, 0.05) is 19.1 Å². The minimum atomic E-state index is -2.74. The second-order valence-electron chi connectivity index (χ2n) is 6.68. The molecular formula is C15H19F2N7O. The molecule has 2 aromatic heterocycles. The SMILES string of the molecule is CC(C)N1C(=O)N[C@@H]2CN(c3ccc4nnc(C(F)F)n4n3)CC[C@@H]21. The van der Waals surface area contributed by atoms with Gasteiger partial charge < -0.3 is 15.1 Å². The van der Waals surface area contributed by atoms with Crippen LogP contribution < -0.4 is 10.2 Å². The summed E-state index contributed by atoms with van der Waals surface area (Å²) < 4.78 is 27.1. The first-order valence-corrected chi connectivity index (χ1v) is 8.30. The Kier molecular flexibility index (Phi) is 3.69. The van der Waals surface area contributed by atoms with Crippen LogP contribution >= 0.6 is 0 Å². The molecule has 1 N–H and O–H groups in total. The Bertz CT molecular complexity index is 808. The van der Waals surface area contributed by atoms with E-state index in [9.17, 15) is 13.6 Å². The number of hydrogen-bond acceptors (Lipinski definition) is 5. The number of hydrogen-bond donors (Lipinski definition) is 1. The first kappa shape index (κ1) is 16.0. The van der Waals surface area contributed by atoms with Crippen molar-refractivity contribution in [1.82, 2.24) is 30.0 Å². The van der Waals surface area contributed by atoms with Crippen LogP contribution in [0.5, 0.6) is 0 Å². The number of nitrogens with one attached hydrogen (secondary N) is 1. The van der Waals surface area contributed by atoms with Crippen LogP contribution in [-0.4, -0.2) is 62.0 Å². The highest BCUT2D eigenvalue weighted by molar-refractivity contribution is 5.78. The summed E-state index contributed by atoms with van der Waals surface area (Å²) in [5.74, 6) is 0.108. The molecule has 8 nitrogen and oxygen atoms in total. The number of nitrogens with zero attached hydrogens (tertiary/aromatic N) is 6. The van der Waals surface area contributed by atoms with E-state index < -0.39 is 12.2 Å². The number of rotatable bonds is 3. The van der Waals surface area contributed by atoms with E-state index in [0.717, 1.165) is 10.9 Å². The summed E-state index contributed by atoms with van der Waals surface area (Å²) >= 11 is 0. The Hall–Kier alpha value is -2.52. The fourth-order valence-corrected chi connectivity index (χ4v) is 3.72. The van der Waals surface area contributed by atoms with Crippen molar-refractivity contribution in [2.45, 2.75) is 44.8 Å². The quantitative estimate of drug-likeness (QED) is 0.905. The van der Waals surface area contributed by atoms with Gasteiger partial charge in [0.25, 0.3) is 6.43 Å². The van der Waals surface area contributed by atoms with E-state index in [2.05, 4.69) is 20.6 Å². The lowest BCUT2D eigenvalue weighted by Gasteiger charge is -2.38. The zero-order valence-corrected chi connectivity index (χ0v) is 13.9. The summed E-state index contributed by atoms with van der Waals surface area (Å²) in [7, 11) is 0. The Morgan fingerprint density at radius 3 is 2.80 bits per heavy atom. The van der Waals surface area contributed by atoms with Crippen LogP contribution in [0.1, 0.15) is 32.5 Å². The van der Waals surface area contributed by atoms with E-state index in [-0.39, 0.29) is 29.8 Å². The van der Waals surface area contributed by atoms with E-state index in [1.165, 1.54) is 0 Å². The molecule has 0 spiro atoms. The number of anilines is 1. The van der Waals surface area contributed by atoms with Crippen molar-refractivity contribution in [3.05, 3.63) is 18.0 Å². The molecule has 2 atom stereocenters.